The Morgan fingerprint density at radius 2 is 1.73 bits per heavy atom. The molecule has 0 bridgehead atoms. The van der Waals surface area contributed by atoms with Crippen molar-refractivity contribution in [3.8, 4) is 5.75 Å². The Hall–Kier alpha value is -3.80. The lowest BCUT2D eigenvalue weighted by atomic mass is 9.88. The van der Waals surface area contributed by atoms with E-state index in [4.69, 9.17) is 4.74 Å². The summed E-state index contributed by atoms with van der Waals surface area (Å²) in [5.41, 5.74) is 0.528. The van der Waals surface area contributed by atoms with Crippen LogP contribution in [0, 0.1) is 11.8 Å². The summed E-state index contributed by atoms with van der Waals surface area (Å²) >= 11 is 0. The smallest absolute Gasteiger partial charge is 0.416 e. The van der Waals surface area contributed by atoms with Gasteiger partial charge in [-0.3, -0.25) is 9.59 Å². The molecule has 1 aliphatic carbocycles. The Labute approximate surface area is 255 Å². The van der Waals surface area contributed by atoms with E-state index in [2.05, 4.69) is 10.6 Å². The Morgan fingerprint density at radius 3 is 2.36 bits per heavy atom. The fourth-order valence-electron chi connectivity index (χ4n) is 5.65. The molecule has 3 atom stereocenters. The van der Waals surface area contributed by atoms with Crippen LogP contribution in [0.4, 0.5) is 29.3 Å². The third-order valence-corrected chi connectivity index (χ3v) is 8.42. The fraction of sp³-hybridized carbons (Fsp3) is 0.531. The number of anilines is 2. The highest BCUT2D eigenvalue weighted by Crippen LogP contribution is 2.32. The van der Waals surface area contributed by atoms with Crippen molar-refractivity contribution in [2.45, 2.75) is 70.7 Å². The summed E-state index contributed by atoms with van der Waals surface area (Å²) in [6.07, 6.45) is -0.173. The van der Waals surface area contributed by atoms with Crippen LogP contribution in [-0.2, 0) is 22.2 Å². The first kappa shape index (κ1) is 33.1. The predicted octanol–water partition coefficient (Wildman–Crippen LogP) is 5.54. The molecule has 4 rings (SSSR count). The molecule has 4 amide bonds. The second-order valence-corrected chi connectivity index (χ2v) is 11.9. The number of alkyl halides is 3. The molecule has 0 saturated heterocycles. The first-order valence-corrected chi connectivity index (χ1v) is 15.1. The molecule has 12 heteroatoms. The number of amides is 4. The predicted molar refractivity (Wildman–Crippen MR) is 160 cm³/mol. The SMILES string of the molecule is C[C@@H]1CN([C@H](C)CO)C(=O)Cc2cc(NC(=O)C3CCCCC3)ccc2O[C@@H]1CN(C)C(=O)Nc1ccc(C(F)(F)F)cc1. The molecule has 0 radical (unpaired) electrons. The maximum atomic E-state index is 13.5. The highest BCUT2D eigenvalue weighted by Gasteiger charge is 2.33. The fourth-order valence-corrected chi connectivity index (χ4v) is 5.65. The second-order valence-electron chi connectivity index (χ2n) is 11.9. The lowest BCUT2D eigenvalue weighted by Gasteiger charge is -2.34. The lowest BCUT2D eigenvalue weighted by Crippen LogP contribution is -2.48. The first-order chi connectivity index (χ1) is 20.8. The molecule has 2 aliphatic rings. The zero-order valence-electron chi connectivity index (χ0n) is 25.3. The van der Waals surface area contributed by atoms with Gasteiger partial charge in [-0.1, -0.05) is 26.2 Å². The highest BCUT2D eigenvalue weighted by molar-refractivity contribution is 5.93. The molecule has 1 fully saturated rings. The maximum absolute atomic E-state index is 13.5. The van der Waals surface area contributed by atoms with E-state index in [-0.39, 0.29) is 55.5 Å². The van der Waals surface area contributed by atoms with Gasteiger partial charge < -0.3 is 30.3 Å². The number of carbonyl (C=O) groups is 3. The zero-order valence-corrected chi connectivity index (χ0v) is 25.3. The number of fused-ring (bicyclic) bond motifs is 1. The van der Waals surface area contributed by atoms with Crippen molar-refractivity contribution < 1.29 is 37.4 Å². The molecular weight excluding hydrogens is 577 g/mol. The molecule has 0 aromatic heterocycles. The van der Waals surface area contributed by atoms with Crippen molar-refractivity contribution in [3.05, 3.63) is 53.6 Å². The van der Waals surface area contributed by atoms with Gasteiger partial charge in [-0.15, -0.1) is 0 Å². The van der Waals surface area contributed by atoms with E-state index < -0.39 is 29.9 Å². The average Bonchev–Trinajstić information content (AvgIpc) is 3.04. The first-order valence-electron chi connectivity index (χ1n) is 15.1. The zero-order chi connectivity index (χ0) is 32.0. The molecule has 240 valence electrons. The molecule has 2 aromatic rings. The van der Waals surface area contributed by atoms with Gasteiger partial charge in [0, 0.05) is 42.4 Å². The second kappa shape index (κ2) is 14.3. The van der Waals surface area contributed by atoms with Gasteiger partial charge in [0.15, 0.2) is 0 Å². The third-order valence-electron chi connectivity index (χ3n) is 8.42. The van der Waals surface area contributed by atoms with E-state index >= 15 is 0 Å². The number of hydrogen-bond acceptors (Lipinski definition) is 5. The summed E-state index contributed by atoms with van der Waals surface area (Å²) in [4.78, 5) is 42.3. The van der Waals surface area contributed by atoms with Crippen LogP contribution in [0.1, 0.15) is 57.1 Å². The minimum absolute atomic E-state index is 0.00347. The van der Waals surface area contributed by atoms with Gasteiger partial charge in [0.1, 0.15) is 11.9 Å². The number of urea groups is 1. The molecule has 44 heavy (non-hydrogen) atoms. The summed E-state index contributed by atoms with van der Waals surface area (Å²) in [5, 5.41) is 15.5. The quantitative estimate of drug-likeness (QED) is 0.378. The Kier molecular flexibility index (Phi) is 10.8. The maximum Gasteiger partial charge on any atom is 0.416 e. The number of ether oxygens (including phenoxy) is 1. The number of rotatable bonds is 7. The van der Waals surface area contributed by atoms with E-state index in [0.717, 1.165) is 44.2 Å². The van der Waals surface area contributed by atoms with Crippen LogP contribution < -0.4 is 15.4 Å². The topological polar surface area (TPSA) is 111 Å². The number of likely N-dealkylation sites (N-methyl/N-ethyl adjacent to an activating group) is 1. The van der Waals surface area contributed by atoms with Crippen molar-refractivity contribution in [1.29, 1.82) is 0 Å². The molecule has 0 spiro atoms. The summed E-state index contributed by atoms with van der Waals surface area (Å²) in [6.45, 7) is 3.77. The summed E-state index contributed by atoms with van der Waals surface area (Å²) in [6, 6.07) is 8.36. The number of hydrogen-bond donors (Lipinski definition) is 3. The monoisotopic (exact) mass is 618 g/mol. The Bertz CT molecular complexity index is 1310. The third kappa shape index (κ3) is 8.43. The number of aliphatic hydroxyl groups is 1. The molecule has 1 heterocycles. The number of halogens is 3. The molecule has 9 nitrogen and oxygen atoms in total. The number of benzene rings is 2. The summed E-state index contributed by atoms with van der Waals surface area (Å²) in [7, 11) is 1.55. The minimum Gasteiger partial charge on any atom is -0.488 e. The van der Waals surface area contributed by atoms with E-state index in [1.807, 2.05) is 6.92 Å². The van der Waals surface area contributed by atoms with Gasteiger partial charge in [0.2, 0.25) is 11.8 Å². The van der Waals surface area contributed by atoms with Crippen LogP contribution in [0.3, 0.4) is 0 Å². The van der Waals surface area contributed by atoms with Crippen molar-refractivity contribution >= 4 is 29.2 Å². The number of aliphatic hydroxyl groups excluding tert-OH is 1. The van der Waals surface area contributed by atoms with Crippen molar-refractivity contribution in [1.82, 2.24) is 9.80 Å². The number of nitrogens with one attached hydrogen (secondary N) is 2. The molecule has 2 aromatic carbocycles. The van der Waals surface area contributed by atoms with E-state index in [0.29, 0.717) is 17.0 Å². The number of carbonyl (C=O) groups excluding carboxylic acids is 3. The van der Waals surface area contributed by atoms with Crippen molar-refractivity contribution in [2.75, 3.05) is 37.4 Å². The van der Waals surface area contributed by atoms with E-state index in [9.17, 15) is 32.7 Å². The van der Waals surface area contributed by atoms with Crippen molar-refractivity contribution in [2.24, 2.45) is 11.8 Å². The lowest BCUT2D eigenvalue weighted by molar-refractivity contribution is -0.137. The standard InChI is InChI=1S/C32H41F3N4O5/c1-20-17-39(21(2)19-40)29(41)16-23-15-26(36-30(42)22-7-5-4-6-8-22)13-14-27(23)44-28(20)18-38(3)31(43)37-25-11-9-24(10-12-25)32(33,34)35/h9-15,20-22,28,40H,4-8,16-19H2,1-3H3,(H,36,42)(H,37,43)/t20-,21-,28-/m1/s1. The van der Waals surface area contributed by atoms with Gasteiger partial charge in [0.25, 0.3) is 0 Å². The van der Waals surface area contributed by atoms with Gasteiger partial charge in [-0.2, -0.15) is 13.2 Å². The molecule has 1 saturated carbocycles. The molecule has 0 unspecified atom stereocenters. The minimum atomic E-state index is -4.48. The highest BCUT2D eigenvalue weighted by atomic mass is 19.4. The van der Waals surface area contributed by atoms with Crippen molar-refractivity contribution in [3.63, 3.8) is 0 Å². The van der Waals surface area contributed by atoms with Crippen LogP contribution >= 0.6 is 0 Å². The molecule has 3 N–H and O–H groups in total. The van der Waals surface area contributed by atoms with E-state index in [1.54, 1.807) is 37.1 Å². The van der Waals surface area contributed by atoms with Gasteiger partial charge in [0.05, 0.1) is 31.2 Å². The van der Waals surface area contributed by atoms with E-state index in [1.165, 1.54) is 17.0 Å². The summed E-state index contributed by atoms with van der Waals surface area (Å²) in [5.74, 6) is -0.107. The normalized spacial score (nSPS) is 20.3. The Morgan fingerprint density at radius 1 is 1.07 bits per heavy atom. The largest absolute Gasteiger partial charge is 0.488 e. The van der Waals surface area contributed by atoms with Crippen LogP contribution in [0.5, 0.6) is 5.75 Å². The molecule has 1 aliphatic heterocycles. The van der Waals surface area contributed by atoms with Gasteiger partial charge in [-0.25, -0.2) is 4.79 Å². The van der Waals surface area contributed by atoms with Gasteiger partial charge in [-0.05, 0) is 62.2 Å². The molecular formula is C32H41F3N4O5. The number of nitrogens with zero attached hydrogens (tertiary/aromatic N) is 2. The average molecular weight is 619 g/mol. The summed E-state index contributed by atoms with van der Waals surface area (Å²) < 4.78 is 45.2. The van der Waals surface area contributed by atoms with Crippen LogP contribution in [-0.4, -0.2) is 71.6 Å². The van der Waals surface area contributed by atoms with Crippen LogP contribution in [0.25, 0.3) is 0 Å². The van der Waals surface area contributed by atoms with Gasteiger partial charge >= 0.3 is 12.2 Å². The van der Waals surface area contributed by atoms with Crippen LogP contribution in [0.15, 0.2) is 42.5 Å². The van der Waals surface area contributed by atoms with Crippen LogP contribution in [0.2, 0.25) is 0 Å². The Balaban J connectivity index is 1.53.